The summed E-state index contributed by atoms with van der Waals surface area (Å²) < 4.78 is 30.6. The lowest BCUT2D eigenvalue weighted by atomic mass is 10.2. The molecule has 1 amide bonds. The fourth-order valence-electron chi connectivity index (χ4n) is 1.64. The second-order valence-corrected chi connectivity index (χ2v) is 6.81. The lowest BCUT2D eigenvalue weighted by Crippen LogP contribution is -2.34. The molecule has 0 aliphatic carbocycles. The smallest absolute Gasteiger partial charge is 0.407 e. The Morgan fingerprint density at radius 2 is 1.90 bits per heavy atom. The predicted molar refractivity (Wildman–Crippen MR) is 81.3 cm³/mol. The molecule has 1 aromatic rings. The van der Waals surface area contributed by atoms with Crippen molar-refractivity contribution in [3.8, 4) is 0 Å². The largest absolute Gasteiger partial charge is 0.445 e. The van der Waals surface area contributed by atoms with Gasteiger partial charge in [-0.15, -0.1) is 0 Å². The van der Waals surface area contributed by atoms with E-state index in [4.69, 9.17) is 4.74 Å². The van der Waals surface area contributed by atoms with Crippen LogP contribution in [0.4, 0.5) is 4.79 Å². The van der Waals surface area contributed by atoms with Crippen LogP contribution in [0.5, 0.6) is 0 Å². The maximum Gasteiger partial charge on any atom is 0.407 e. The van der Waals surface area contributed by atoms with Crippen molar-refractivity contribution in [2.75, 3.05) is 12.3 Å². The Bertz CT molecular complexity index is 529. The number of benzene rings is 1. The topological polar surface area (TPSA) is 84.5 Å². The summed E-state index contributed by atoms with van der Waals surface area (Å²) in [5.41, 5.74) is 0.899. The molecule has 0 aromatic heterocycles. The molecule has 0 spiro atoms. The van der Waals surface area contributed by atoms with Crippen LogP contribution in [-0.2, 0) is 21.4 Å². The molecule has 0 aliphatic heterocycles. The highest BCUT2D eigenvalue weighted by Gasteiger charge is 2.11. The number of amides is 1. The fourth-order valence-corrected chi connectivity index (χ4v) is 3.01. The third kappa shape index (κ3) is 8.31. The standard InChI is InChI=1S/C14H22N2O4S/c1-12(2)16-21(18,19)10-6-9-15-14(17)20-11-13-7-4-3-5-8-13/h3-5,7-8,12,16H,6,9-11H2,1-2H3,(H,15,17). The van der Waals surface area contributed by atoms with E-state index in [-0.39, 0.29) is 24.9 Å². The average Bonchev–Trinajstić information content (AvgIpc) is 2.41. The van der Waals surface area contributed by atoms with Gasteiger partial charge >= 0.3 is 6.09 Å². The summed E-state index contributed by atoms with van der Waals surface area (Å²) in [6.07, 6.45) is -0.212. The van der Waals surface area contributed by atoms with Gasteiger partial charge in [-0.2, -0.15) is 0 Å². The molecule has 118 valence electrons. The zero-order valence-electron chi connectivity index (χ0n) is 12.3. The van der Waals surface area contributed by atoms with Gasteiger partial charge in [-0.25, -0.2) is 17.9 Å². The number of hydrogen-bond donors (Lipinski definition) is 2. The summed E-state index contributed by atoms with van der Waals surface area (Å²) in [7, 11) is -3.28. The van der Waals surface area contributed by atoms with Crippen LogP contribution in [0.15, 0.2) is 30.3 Å². The molecular weight excluding hydrogens is 292 g/mol. The number of carbonyl (C=O) groups excluding carboxylic acids is 1. The third-order valence-electron chi connectivity index (χ3n) is 2.49. The van der Waals surface area contributed by atoms with Gasteiger partial charge in [-0.05, 0) is 25.8 Å². The van der Waals surface area contributed by atoms with Crippen molar-refractivity contribution in [2.45, 2.75) is 32.9 Å². The van der Waals surface area contributed by atoms with Gasteiger partial charge in [0, 0.05) is 12.6 Å². The summed E-state index contributed by atoms with van der Waals surface area (Å²) in [5, 5.41) is 2.53. The van der Waals surface area contributed by atoms with Crippen LogP contribution in [-0.4, -0.2) is 32.9 Å². The highest BCUT2D eigenvalue weighted by molar-refractivity contribution is 7.89. The van der Waals surface area contributed by atoms with E-state index in [2.05, 4.69) is 10.0 Å². The predicted octanol–water partition coefficient (Wildman–Crippen LogP) is 1.63. The van der Waals surface area contributed by atoms with Gasteiger partial charge in [0.2, 0.25) is 10.0 Å². The van der Waals surface area contributed by atoms with E-state index < -0.39 is 16.1 Å². The highest BCUT2D eigenvalue weighted by Crippen LogP contribution is 2.00. The second kappa shape index (κ2) is 8.63. The van der Waals surface area contributed by atoms with E-state index in [0.717, 1.165) is 5.56 Å². The zero-order valence-corrected chi connectivity index (χ0v) is 13.2. The third-order valence-corrected chi connectivity index (χ3v) is 4.14. The molecule has 0 aliphatic rings. The van der Waals surface area contributed by atoms with Crippen molar-refractivity contribution in [2.24, 2.45) is 0 Å². The normalized spacial score (nSPS) is 11.4. The van der Waals surface area contributed by atoms with Crippen molar-refractivity contribution in [3.05, 3.63) is 35.9 Å². The second-order valence-electron chi connectivity index (χ2n) is 4.93. The summed E-state index contributed by atoms with van der Waals surface area (Å²) >= 11 is 0. The summed E-state index contributed by atoms with van der Waals surface area (Å²) in [5.74, 6) is -0.0237. The van der Waals surface area contributed by atoms with Crippen LogP contribution in [0.1, 0.15) is 25.8 Å². The van der Waals surface area contributed by atoms with Crippen LogP contribution in [0.2, 0.25) is 0 Å². The number of hydrogen-bond acceptors (Lipinski definition) is 4. The molecule has 0 bridgehead atoms. The maximum atomic E-state index is 11.5. The lowest BCUT2D eigenvalue weighted by molar-refractivity contribution is 0.139. The van der Waals surface area contributed by atoms with Gasteiger partial charge in [0.1, 0.15) is 6.61 Å². The van der Waals surface area contributed by atoms with Gasteiger partial charge in [-0.3, -0.25) is 0 Å². The monoisotopic (exact) mass is 314 g/mol. The lowest BCUT2D eigenvalue weighted by Gasteiger charge is -2.10. The van der Waals surface area contributed by atoms with Crippen LogP contribution >= 0.6 is 0 Å². The minimum absolute atomic E-state index is 0.0237. The summed E-state index contributed by atoms with van der Waals surface area (Å²) in [6.45, 7) is 3.97. The Balaban J connectivity index is 2.16. The summed E-state index contributed by atoms with van der Waals surface area (Å²) in [6, 6.07) is 9.20. The SMILES string of the molecule is CC(C)NS(=O)(=O)CCCNC(=O)OCc1ccccc1. The minimum Gasteiger partial charge on any atom is -0.445 e. The van der Waals surface area contributed by atoms with Crippen molar-refractivity contribution in [3.63, 3.8) is 0 Å². The first kappa shape index (κ1) is 17.5. The molecule has 7 heteroatoms. The van der Waals surface area contributed by atoms with E-state index in [1.165, 1.54) is 0 Å². The van der Waals surface area contributed by atoms with Crippen molar-refractivity contribution in [1.29, 1.82) is 0 Å². The van der Waals surface area contributed by atoms with E-state index >= 15 is 0 Å². The average molecular weight is 314 g/mol. The molecule has 0 saturated carbocycles. The van der Waals surface area contributed by atoms with Gasteiger partial charge < -0.3 is 10.1 Å². The van der Waals surface area contributed by atoms with Gasteiger partial charge in [-0.1, -0.05) is 30.3 Å². The first-order chi connectivity index (χ1) is 9.89. The molecule has 21 heavy (non-hydrogen) atoms. The molecule has 0 saturated heterocycles. The van der Waals surface area contributed by atoms with E-state index in [0.29, 0.717) is 6.42 Å². The van der Waals surface area contributed by atoms with Crippen molar-refractivity contribution >= 4 is 16.1 Å². The van der Waals surface area contributed by atoms with Crippen LogP contribution < -0.4 is 10.0 Å². The number of alkyl carbamates (subject to hydrolysis) is 1. The molecule has 0 unspecified atom stereocenters. The quantitative estimate of drug-likeness (QED) is 0.714. The number of sulfonamides is 1. The maximum absolute atomic E-state index is 11.5. The van der Waals surface area contributed by atoms with Gasteiger partial charge in [0.05, 0.1) is 5.75 Å². The Morgan fingerprint density at radius 1 is 1.24 bits per heavy atom. The van der Waals surface area contributed by atoms with Crippen LogP contribution in [0.3, 0.4) is 0 Å². The molecule has 2 N–H and O–H groups in total. The fraction of sp³-hybridized carbons (Fsp3) is 0.500. The Kier molecular flexibility index (Phi) is 7.18. The summed E-state index contributed by atoms with van der Waals surface area (Å²) in [4.78, 5) is 11.4. The number of ether oxygens (including phenoxy) is 1. The van der Waals surface area contributed by atoms with E-state index in [9.17, 15) is 13.2 Å². The van der Waals surface area contributed by atoms with E-state index in [1.807, 2.05) is 30.3 Å². The first-order valence-electron chi connectivity index (χ1n) is 6.83. The van der Waals surface area contributed by atoms with Gasteiger partial charge in [0.15, 0.2) is 0 Å². The molecule has 1 aromatic carbocycles. The molecule has 0 radical (unpaired) electrons. The molecular formula is C14H22N2O4S. The molecule has 0 fully saturated rings. The van der Waals surface area contributed by atoms with Crippen LogP contribution in [0, 0.1) is 0 Å². The molecule has 1 rings (SSSR count). The van der Waals surface area contributed by atoms with Gasteiger partial charge in [0.25, 0.3) is 0 Å². The minimum atomic E-state index is -3.28. The number of nitrogens with one attached hydrogen (secondary N) is 2. The highest BCUT2D eigenvalue weighted by atomic mass is 32.2. The molecule has 0 atom stereocenters. The Hall–Kier alpha value is -1.60. The molecule has 0 heterocycles. The zero-order chi connectivity index (χ0) is 15.7. The number of rotatable bonds is 8. The number of carbonyl (C=O) groups is 1. The van der Waals surface area contributed by atoms with Crippen molar-refractivity contribution < 1.29 is 17.9 Å². The van der Waals surface area contributed by atoms with Crippen LogP contribution in [0.25, 0.3) is 0 Å². The molecule has 6 nitrogen and oxygen atoms in total. The van der Waals surface area contributed by atoms with E-state index in [1.54, 1.807) is 13.8 Å². The van der Waals surface area contributed by atoms with Crippen molar-refractivity contribution in [1.82, 2.24) is 10.0 Å². The first-order valence-corrected chi connectivity index (χ1v) is 8.49. The Morgan fingerprint density at radius 3 is 2.52 bits per heavy atom. The Labute approximate surface area is 125 Å².